The lowest BCUT2D eigenvalue weighted by atomic mass is 9.94. The molecule has 0 aliphatic heterocycles. The number of nitrogens with two attached hydrogens (primary N) is 1. The van der Waals surface area contributed by atoms with Crippen LogP contribution in [0.5, 0.6) is 5.75 Å². The summed E-state index contributed by atoms with van der Waals surface area (Å²) < 4.78 is 5.22. The number of amides is 4. The van der Waals surface area contributed by atoms with Crippen LogP contribution in [0.25, 0.3) is 11.1 Å². The highest BCUT2D eigenvalue weighted by Gasteiger charge is 2.42. The van der Waals surface area contributed by atoms with E-state index in [-0.39, 0.29) is 11.3 Å². The number of carboxylic acid groups (broad SMARTS) is 1. The number of carbonyl (C=O) groups is 4. The van der Waals surface area contributed by atoms with Gasteiger partial charge < -0.3 is 31.1 Å². The monoisotopic (exact) mass is 546 g/mol. The summed E-state index contributed by atoms with van der Waals surface area (Å²) in [6, 6.07) is 15.4. The number of anilines is 2. The number of carboxylic acids is 1. The summed E-state index contributed by atoms with van der Waals surface area (Å²) >= 11 is 0. The lowest BCUT2D eigenvalue weighted by Gasteiger charge is -2.34. The molecule has 10 nitrogen and oxygen atoms in total. The Labute approximate surface area is 233 Å². The highest BCUT2D eigenvalue weighted by molar-refractivity contribution is 6.08. The van der Waals surface area contributed by atoms with E-state index in [1.165, 1.54) is 20.0 Å². The Hall–Kier alpha value is -4.86. The van der Waals surface area contributed by atoms with Crippen molar-refractivity contribution in [2.45, 2.75) is 39.7 Å². The average Bonchev–Trinajstić information content (AvgIpc) is 2.89. The first kappa shape index (κ1) is 29.7. The molecule has 0 bridgehead atoms. The number of primary amides is 1. The lowest BCUT2D eigenvalue weighted by Crippen LogP contribution is -2.55. The summed E-state index contributed by atoms with van der Waals surface area (Å²) in [5.41, 5.74) is 8.49. The van der Waals surface area contributed by atoms with Gasteiger partial charge in [-0.1, -0.05) is 35.9 Å². The molecule has 5 N–H and O–H groups in total. The Morgan fingerprint density at radius 3 is 2.02 bits per heavy atom. The molecular weight excluding hydrogens is 512 g/mol. The third-order valence-electron chi connectivity index (χ3n) is 6.86. The van der Waals surface area contributed by atoms with Gasteiger partial charge in [-0.25, -0.2) is 9.59 Å². The average molecular weight is 547 g/mol. The number of ether oxygens (including phenoxy) is 1. The molecule has 0 unspecified atom stereocenters. The van der Waals surface area contributed by atoms with E-state index in [0.717, 1.165) is 27.2 Å². The van der Waals surface area contributed by atoms with Gasteiger partial charge in [-0.3, -0.25) is 9.59 Å². The van der Waals surface area contributed by atoms with E-state index in [9.17, 15) is 24.3 Å². The third-order valence-corrected chi connectivity index (χ3v) is 6.86. The van der Waals surface area contributed by atoms with E-state index in [0.29, 0.717) is 17.0 Å². The standard InChI is InChI=1S/C30H34N4O6/c1-17-13-18(2)26(19(3)14-17)33-29(39)32-24-15-21(20-7-10-22(40-6)11-8-20)9-12-23(24)27(36)34(5)30(4,28(37)38)16-25(31)35/h7-15H,16H2,1-6H3,(H2,31,35)(H,37,38)(H2,32,33,39)/t30-/m0/s1. The largest absolute Gasteiger partial charge is 0.497 e. The highest BCUT2D eigenvalue weighted by Crippen LogP contribution is 2.31. The van der Waals surface area contributed by atoms with Gasteiger partial charge in [0.15, 0.2) is 0 Å². The number of nitrogens with zero attached hydrogens (tertiary/aromatic N) is 1. The van der Waals surface area contributed by atoms with Crippen LogP contribution in [-0.4, -0.2) is 53.5 Å². The van der Waals surface area contributed by atoms with Gasteiger partial charge in [0.1, 0.15) is 11.3 Å². The summed E-state index contributed by atoms with van der Waals surface area (Å²) in [6.07, 6.45) is -0.594. The molecule has 0 aromatic heterocycles. The van der Waals surface area contributed by atoms with Crippen LogP contribution in [0.2, 0.25) is 0 Å². The predicted molar refractivity (Wildman–Crippen MR) is 154 cm³/mol. The fourth-order valence-electron chi connectivity index (χ4n) is 4.52. The molecule has 3 aromatic rings. The number of likely N-dealkylation sites (N-methyl/N-ethyl adjacent to an activating group) is 1. The van der Waals surface area contributed by atoms with Crippen molar-refractivity contribution in [2.75, 3.05) is 24.8 Å². The molecule has 0 aliphatic carbocycles. The number of rotatable bonds is 9. The van der Waals surface area contributed by atoms with Crippen molar-refractivity contribution >= 4 is 35.2 Å². The molecule has 0 saturated carbocycles. The van der Waals surface area contributed by atoms with Crippen molar-refractivity contribution < 1.29 is 29.0 Å². The van der Waals surface area contributed by atoms with Gasteiger partial charge in [-0.2, -0.15) is 0 Å². The molecular formula is C30H34N4O6. The first-order valence-corrected chi connectivity index (χ1v) is 12.5. The summed E-state index contributed by atoms with van der Waals surface area (Å²) in [4.78, 5) is 51.5. The second-order valence-electron chi connectivity index (χ2n) is 9.93. The maximum absolute atomic E-state index is 13.6. The number of methoxy groups -OCH3 is 1. The van der Waals surface area contributed by atoms with Crippen LogP contribution in [0, 0.1) is 20.8 Å². The van der Waals surface area contributed by atoms with Crippen LogP contribution >= 0.6 is 0 Å². The fraction of sp³-hybridized carbons (Fsp3) is 0.267. The van der Waals surface area contributed by atoms with Crippen LogP contribution in [0.1, 0.15) is 40.4 Å². The minimum Gasteiger partial charge on any atom is -0.497 e. The number of benzene rings is 3. The molecule has 0 aliphatic rings. The van der Waals surface area contributed by atoms with Gasteiger partial charge in [0.05, 0.1) is 24.8 Å². The SMILES string of the molecule is COc1ccc(-c2ccc(C(=O)N(C)[C@@](C)(CC(N)=O)C(=O)O)c(NC(=O)Nc3c(C)cc(C)cc3C)c2)cc1. The molecule has 1 atom stereocenters. The molecule has 210 valence electrons. The molecule has 40 heavy (non-hydrogen) atoms. The van der Waals surface area contributed by atoms with Gasteiger partial charge in [0.25, 0.3) is 5.91 Å². The van der Waals surface area contributed by atoms with Crippen molar-refractivity contribution in [1.82, 2.24) is 4.90 Å². The number of hydrogen-bond acceptors (Lipinski definition) is 5. The molecule has 0 saturated heterocycles. The van der Waals surface area contributed by atoms with Gasteiger partial charge >= 0.3 is 12.0 Å². The van der Waals surface area contributed by atoms with E-state index >= 15 is 0 Å². The molecule has 0 spiro atoms. The first-order valence-electron chi connectivity index (χ1n) is 12.5. The van der Waals surface area contributed by atoms with Crippen molar-refractivity contribution in [2.24, 2.45) is 5.73 Å². The summed E-state index contributed by atoms with van der Waals surface area (Å²) in [5.74, 6) is -2.32. The Morgan fingerprint density at radius 1 is 0.925 bits per heavy atom. The van der Waals surface area contributed by atoms with Crippen LogP contribution in [0.4, 0.5) is 16.2 Å². The zero-order valence-corrected chi connectivity index (χ0v) is 23.4. The van der Waals surface area contributed by atoms with Crippen LogP contribution < -0.4 is 21.1 Å². The van der Waals surface area contributed by atoms with Crippen LogP contribution in [0.15, 0.2) is 54.6 Å². The molecule has 3 aromatic carbocycles. The number of nitrogens with one attached hydrogen (secondary N) is 2. The van der Waals surface area contributed by atoms with E-state index in [1.807, 2.05) is 45.0 Å². The Kier molecular flexibility index (Phi) is 8.83. The van der Waals surface area contributed by atoms with E-state index in [4.69, 9.17) is 10.5 Å². The topological polar surface area (TPSA) is 151 Å². The van der Waals surface area contributed by atoms with E-state index in [2.05, 4.69) is 10.6 Å². The Bertz CT molecular complexity index is 1440. The second-order valence-corrected chi connectivity index (χ2v) is 9.93. The van der Waals surface area contributed by atoms with E-state index < -0.39 is 35.8 Å². The molecule has 0 radical (unpaired) electrons. The quantitative estimate of drug-likeness (QED) is 0.305. The normalized spacial score (nSPS) is 12.2. The number of aliphatic carboxylic acids is 1. The maximum Gasteiger partial charge on any atom is 0.329 e. The third kappa shape index (κ3) is 6.40. The van der Waals surface area contributed by atoms with Gasteiger partial charge in [0.2, 0.25) is 5.91 Å². The van der Waals surface area contributed by atoms with Crippen LogP contribution in [0.3, 0.4) is 0 Å². The summed E-state index contributed by atoms with van der Waals surface area (Å²) in [5, 5.41) is 15.5. The van der Waals surface area contributed by atoms with Gasteiger partial charge in [0, 0.05) is 12.7 Å². The zero-order chi connectivity index (χ0) is 29.8. The molecule has 0 fully saturated rings. The van der Waals surface area contributed by atoms with Crippen LogP contribution in [-0.2, 0) is 9.59 Å². The van der Waals surface area contributed by atoms with Crippen molar-refractivity contribution in [3.8, 4) is 16.9 Å². The van der Waals surface area contributed by atoms with Crippen molar-refractivity contribution in [3.05, 3.63) is 76.9 Å². The highest BCUT2D eigenvalue weighted by atomic mass is 16.5. The summed E-state index contributed by atoms with van der Waals surface area (Å²) in [7, 11) is 2.84. The summed E-state index contributed by atoms with van der Waals surface area (Å²) in [6.45, 7) is 6.98. The molecule has 3 rings (SSSR count). The minimum absolute atomic E-state index is 0.0317. The zero-order valence-electron chi connectivity index (χ0n) is 23.4. The fourth-order valence-corrected chi connectivity index (χ4v) is 4.52. The van der Waals surface area contributed by atoms with E-state index in [1.54, 1.807) is 31.4 Å². The smallest absolute Gasteiger partial charge is 0.329 e. The number of carbonyl (C=O) groups excluding carboxylic acids is 3. The number of hydrogen-bond donors (Lipinski definition) is 4. The maximum atomic E-state index is 13.6. The second kappa shape index (κ2) is 11.9. The minimum atomic E-state index is -1.91. The van der Waals surface area contributed by atoms with Crippen molar-refractivity contribution in [1.29, 1.82) is 0 Å². The predicted octanol–water partition coefficient (Wildman–Crippen LogP) is 4.72. The van der Waals surface area contributed by atoms with Gasteiger partial charge in [-0.15, -0.1) is 0 Å². The molecule has 10 heteroatoms. The van der Waals surface area contributed by atoms with Crippen molar-refractivity contribution in [3.63, 3.8) is 0 Å². The molecule has 4 amide bonds. The first-order chi connectivity index (χ1) is 18.8. The number of aryl methyl sites for hydroxylation is 3. The Morgan fingerprint density at radius 2 is 1.50 bits per heavy atom. The molecule has 0 heterocycles. The van der Waals surface area contributed by atoms with Gasteiger partial charge in [-0.05, 0) is 74.2 Å². The lowest BCUT2D eigenvalue weighted by molar-refractivity contribution is -0.150. The number of urea groups is 1. The Balaban J connectivity index is 2.05.